The molecular weight excluding hydrogens is 711 g/mol. The van der Waals surface area contributed by atoms with E-state index in [0.717, 1.165) is 19.3 Å². The van der Waals surface area contributed by atoms with Gasteiger partial charge in [-0.3, -0.25) is 6.08 Å². The molecule has 266 valence electrons. The zero-order valence-corrected chi connectivity index (χ0v) is 37.3. The van der Waals surface area contributed by atoms with Crippen LogP contribution in [0.25, 0.3) is 0 Å². The van der Waals surface area contributed by atoms with Gasteiger partial charge in [-0.1, -0.05) is 179 Å². The fourth-order valence-corrected chi connectivity index (χ4v) is 12.4. The minimum Gasteiger partial charge on any atom is -1.00 e. The Kier molecular flexibility index (Phi) is 19.8. The van der Waals surface area contributed by atoms with Crippen LogP contribution in [0.15, 0.2) is 71.4 Å². The van der Waals surface area contributed by atoms with Gasteiger partial charge in [0.25, 0.3) is 0 Å². The molecule has 0 radical (unpaired) electrons. The second kappa shape index (κ2) is 20.3. The molecule has 1 aliphatic rings. The van der Waals surface area contributed by atoms with E-state index in [0.29, 0.717) is 35.5 Å². The van der Waals surface area contributed by atoms with E-state index in [1.165, 1.54) is 39.0 Å². The molecule has 1 aliphatic carbocycles. The standard InChI is InChI=1S/C44H61Si.3ClH.Ti/c1-14-16-34-17-15-18-44(34)45(41-22-35(28(2)3)19-36(23-41)29(4)5,42-24-37(30(6)7)20-38(25-42)31(8)9)43-26-39(32(10)11)21-40(27-43)33(12)13;;;;/h15,19-33H,14,16,18H2,1-13H3;3*1H;/q-1;;;;+4/p-3. The maximum Gasteiger partial charge on any atom is 4.00 e. The van der Waals surface area contributed by atoms with Crippen molar-refractivity contribution in [1.29, 1.82) is 0 Å². The minimum absolute atomic E-state index is 0. The summed E-state index contributed by atoms with van der Waals surface area (Å²) >= 11 is 0. The van der Waals surface area contributed by atoms with Crippen molar-refractivity contribution in [2.24, 2.45) is 0 Å². The Morgan fingerprint density at radius 3 is 0.980 bits per heavy atom. The molecule has 0 heterocycles. The molecule has 0 fully saturated rings. The number of rotatable bonds is 12. The molecule has 4 rings (SSSR count). The van der Waals surface area contributed by atoms with Crippen molar-refractivity contribution in [3.05, 3.63) is 111 Å². The van der Waals surface area contributed by atoms with E-state index in [1.807, 2.05) is 0 Å². The van der Waals surface area contributed by atoms with E-state index in [-0.39, 0.29) is 58.9 Å². The summed E-state index contributed by atoms with van der Waals surface area (Å²) in [7, 11) is -2.77. The maximum absolute atomic E-state index is 3.84. The molecule has 0 saturated carbocycles. The van der Waals surface area contributed by atoms with Crippen molar-refractivity contribution in [3.63, 3.8) is 0 Å². The fourth-order valence-electron chi connectivity index (χ4n) is 7.04. The van der Waals surface area contributed by atoms with Crippen LogP contribution >= 0.6 is 0 Å². The van der Waals surface area contributed by atoms with Gasteiger partial charge in [0.2, 0.25) is 0 Å². The van der Waals surface area contributed by atoms with Gasteiger partial charge in [0.15, 0.2) is 0 Å². The van der Waals surface area contributed by atoms with Crippen LogP contribution in [0.2, 0.25) is 0 Å². The van der Waals surface area contributed by atoms with Crippen LogP contribution in [0.5, 0.6) is 0 Å². The van der Waals surface area contributed by atoms with E-state index in [1.54, 1.807) is 20.8 Å². The average Bonchev–Trinajstić information content (AvgIpc) is 3.45. The van der Waals surface area contributed by atoms with Crippen LogP contribution in [0, 0.1) is 6.08 Å². The van der Waals surface area contributed by atoms with Crippen molar-refractivity contribution >= 4 is 23.6 Å². The number of hydrogen-bond donors (Lipinski definition) is 0. The predicted molar refractivity (Wildman–Crippen MR) is 203 cm³/mol. The molecule has 0 spiro atoms. The van der Waals surface area contributed by atoms with E-state index in [4.69, 9.17) is 0 Å². The molecule has 0 nitrogen and oxygen atoms in total. The van der Waals surface area contributed by atoms with E-state index in [9.17, 15) is 0 Å². The summed E-state index contributed by atoms with van der Waals surface area (Å²) < 4.78 is 0. The number of halogens is 3. The maximum atomic E-state index is 3.84. The molecule has 0 bridgehead atoms. The SMILES string of the molecule is CCCC1=C([Si](c2cc(C(C)C)cc(C(C)C)c2)(c2cc(C(C)C)cc(C(C)C)c2)c2cc(C(C)C)cc(C(C)C)c2)CC=[C-]1.[Cl-].[Cl-].[Cl-].[Ti+4]. The molecule has 0 atom stereocenters. The monoisotopic (exact) mass is 770 g/mol. The largest absolute Gasteiger partial charge is 4.00 e. The Bertz CT molecular complexity index is 1330. The van der Waals surface area contributed by atoms with Crippen molar-refractivity contribution in [3.8, 4) is 0 Å². The molecule has 5 heteroatoms. The van der Waals surface area contributed by atoms with Crippen LogP contribution in [-0.4, -0.2) is 8.07 Å². The number of benzene rings is 3. The van der Waals surface area contributed by atoms with Crippen molar-refractivity contribution < 1.29 is 58.9 Å². The van der Waals surface area contributed by atoms with Gasteiger partial charge in [0.1, 0.15) is 0 Å². The van der Waals surface area contributed by atoms with Crippen LogP contribution in [0.1, 0.15) is 178 Å². The molecule has 0 aliphatic heterocycles. The molecule has 0 unspecified atom stereocenters. The van der Waals surface area contributed by atoms with Crippen molar-refractivity contribution in [2.75, 3.05) is 0 Å². The Labute approximate surface area is 335 Å². The molecule has 0 amide bonds. The second-order valence-electron chi connectivity index (χ2n) is 15.6. The smallest absolute Gasteiger partial charge is 1.00 e. The van der Waals surface area contributed by atoms with Gasteiger partial charge in [-0.2, -0.15) is 6.08 Å². The number of hydrogen-bond acceptors (Lipinski definition) is 0. The minimum atomic E-state index is -2.77. The molecule has 3 aromatic carbocycles. The first-order valence-electron chi connectivity index (χ1n) is 18.0. The molecule has 3 aromatic rings. The summed E-state index contributed by atoms with van der Waals surface area (Å²) in [4.78, 5) is 0. The van der Waals surface area contributed by atoms with Gasteiger partial charge in [-0.15, -0.1) is 0 Å². The number of allylic oxidation sites excluding steroid dienone is 4. The second-order valence-corrected chi connectivity index (χ2v) is 19.4. The van der Waals surface area contributed by atoms with Crippen LogP contribution < -0.4 is 52.8 Å². The van der Waals surface area contributed by atoms with Gasteiger partial charge in [-0.05, 0) is 68.9 Å². The van der Waals surface area contributed by atoms with Crippen LogP contribution in [0.3, 0.4) is 0 Å². The van der Waals surface area contributed by atoms with E-state index in [2.05, 4.69) is 157 Å². The Morgan fingerprint density at radius 2 is 0.755 bits per heavy atom. The molecule has 0 N–H and O–H groups in total. The third-order valence-electron chi connectivity index (χ3n) is 10.1. The van der Waals surface area contributed by atoms with Crippen LogP contribution in [0.4, 0.5) is 0 Å². The quantitative estimate of drug-likeness (QED) is 0.151. The summed E-state index contributed by atoms with van der Waals surface area (Å²) in [6.45, 7) is 30.7. The van der Waals surface area contributed by atoms with Crippen molar-refractivity contribution in [1.82, 2.24) is 0 Å². The van der Waals surface area contributed by atoms with Gasteiger partial charge in [0, 0.05) is 0 Å². The average molecular weight is 772 g/mol. The summed E-state index contributed by atoms with van der Waals surface area (Å²) in [5.74, 6) is 2.79. The molecule has 49 heavy (non-hydrogen) atoms. The van der Waals surface area contributed by atoms with Crippen LogP contribution in [-0.2, 0) is 21.7 Å². The van der Waals surface area contributed by atoms with Gasteiger partial charge in [0.05, 0.1) is 8.07 Å². The molecule has 0 saturated heterocycles. The fraction of sp³-hybridized carbons (Fsp3) is 0.500. The van der Waals surface area contributed by atoms with Gasteiger partial charge >= 0.3 is 21.7 Å². The van der Waals surface area contributed by atoms with E-state index >= 15 is 0 Å². The third-order valence-corrected chi connectivity index (χ3v) is 15.0. The van der Waals surface area contributed by atoms with E-state index < -0.39 is 8.07 Å². The zero-order chi connectivity index (χ0) is 33.2. The third kappa shape index (κ3) is 10.3. The Hall–Kier alpha value is -1.06. The van der Waals surface area contributed by atoms with Gasteiger partial charge in [-0.25, -0.2) is 10.8 Å². The van der Waals surface area contributed by atoms with Gasteiger partial charge < -0.3 is 37.2 Å². The normalized spacial score (nSPS) is 13.0. The zero-order valence-electron chi connectivity index (χ0n) is 32.5. The first-order chi connectivity index (χ1) is 21.2. The summed E-state index contributed by atoms with van der Waals surface area (Å²) in [5, 5.41) is 6.34. The summed E-state index contributed by atoms with van der Waals surface area (Å²) in [5.41, 5.74) is 10.3. The molecular formula is C44H61Cl3SiTi. The Morgan fingerprint density at radius 1 is 0.490 bits per heavy atom. The summed E-state index contributed by atoms with van der Waals surface area (Å²) in [6.07, 6.45) is 9.41. The topological polar surface area (TPSA) is 0 Å². The molecule has 0 aromatic heterocycles. The van der Waals surface area contributed by atoms with Crippen molar-refractivity contribution in [2.45, 2.75) is 145 Å². The first-order valence-corrected chi connectivity index (χ1v) is 20.0. The summed E-state index contributed by atoms with van der Waals surface area (Å²) in [6, 6.07) is 23.3. The Balaban J connectivity index is 0.00000576. The predicted octanol–water partition coefficient (Wildman–Crippen LogP) is 2.31. The first kappa shape index (κ1) is 47.9.